The number of carbonyl (C=O) groups excluding carboxylic acids is 1. The number of benzene rings is 1. The van der Waals surface area contributed by atoms with Gasteiger partial charge in [-0.3, -0.25) is 19.9 Å². The van der Waals surface area contributed by atoms with Crippen LogP contribution in [-0.2, 0) is 22.6 Å². The molecule has 1 aromatic carbocycles. The monoisotopic (exact) mass is 447 g/mol. The van der Waals surface area contributed by atoms with Crippen LogP contribution in [0.25, 0.3) is 11.3 Å². The Morgan fingerprint density at radius 2 is 1.78 bits per heavy atom. The number of carbonyl (C=O) groups is 2. The van der Waals surface area contributed by atoms with Crippen LogP contribution in [0.2, 0.25) is 0 Å². The van der Waals surface area contributed by atoms with Crippen molar-refractivity contribution in [1.29, 1.82) is 0 Å². The molecule has 0 aliphatic heterocycles. The number of nitrogens with one attached hydrogen (secondary N) is 2. The molecule has 3 rings (SSSR count). The van der Waals surface area contributed by atoms with Gasteiger partial charge in [-0.05, 0) is 24.1 Å². The van der Waals surface area contributed by atoms with Gasteiger partial charge in [0.2, 0.25) is 5.91 Å². The van der Waals surface area contributed by atoms with Gasteiger partial charge in [0.25, 0.3) is 0 Å². The number of aliphatic carboxylic acids is 1. The first kappa shape index (κ1) is 22.9. The van der Waals surface area contributed by atoms with Crippen molar-refractivity contribution in [3.63, 3.8) is 0 Å². The van der Waals surface area contributed by atoms with E-state index in [4.69, 9.17) is 5.11 Å². The fraction of sp³-hybridized carbons (Fsp3) is 0.238. The van der Waals surface area contributed by atoms with Crippen LogP contribution in [0.1, 0.15) is 5.56 Å². The standard InChI is InChI=1S/C21H20F3N5O3/c22-21(23,24)13-29-18(11-16(28-29)15-6-8-25-9-7-15)27-20(32)17(26-12-19(30)31)10-14-4-2-1-3-5-14/h1-9,11,17,26H,10,12-13H2,(H,27,32)(H,30,31). The van der Waals surface area contributed by atoms with Crippen molar-refractivity contribution in [2.24, 2.45) is 0 Å². The van der Waals surface area contributed by atoms with Crippen molar-refractivity contribution < 1.29 is 27.9 Å². The van der Waals surface area contributed by atoms with E-state index < -0.39 is 37.2 Å². The molecule has 8 nitrogen and oxygen atoms in total. The van der Waals surface area contributed by atoms with E-state index in [1.165, 1.54) is 18.5 Å². The highest BCUT2D eigenvalue weighted by Gasteiger charge is 2.31. The third kappa shape index (κ3) is 6.64. The molecule has 0 radical (unpaired) electrons. The SMILES string of the molecule is O=C(O)CNC(Cc1ccccc1)C(=O)Nc1cc(-c2ccncc2)nn1CC(F)(F)F. The summed E-state index contributed by atoms with van der Waals surface area (Å²) >= 11 is 0. The van der Waals surface area contributed by atoms with Gasteiger partial charge >= 0.3 is 12.1 Å². The Hall–Kier alpha value is -3.73. The summed E-state index contributed by atoms with van der Waals surface area (Å²) in [5.74, 6) is -2.01. The average molecular weight is 447 g/mol. The van der Waals surface area contributed by atoms with E-state index in [2.05, 4.69) is 20.7 Å². The zero-order chi connectivity index (χ0) is 23.1. The topological polar surface area (TPSA) is 109 Å². The van der Waals surface area contributed by atoms with E-state index in [-0.39, 0.29) is 17.9 Å². The predicted octanol–water partition coefficient (Wildman–Crippen LogP) is 2.73. The number of hydrogen-bond acceptors (Lipinski definition) is 5. The number of anilines is 1. The Bertz CT molecular complexity index is 1060. The van der Waals surface area contributed by atoms with Gasteiger partial charge in [-0.15, -0.1) is 0 Å². The minimum atomic E-state index is -4.56. The first-order chi connectivity index (χ1) is 15.2. The number of halogens is 3. The van der Waals surface area contributed by atoms with E-state index in [0.717, 1.165) is 5.56 Å². The minimum absolute atomic E-state index is 0.143. The highest BCUT2D eigenvalue weighted by atomic mass is 19.4. The van der Waals surface area contributed by atoms with Gasteiger partial charge in [0.1, 0.15) is 12.4 Å². The Morgan fingerprint density at radius 3 is 2.41 bits per heavy atom. The number of aromatic nitrogens is 3. The van der Waals surface area contributed by atoms with Gasteiger partial charge in [-0.1, -0.05) is 30.3 Å². The van der Waals surface area contributed by atoms with E-state index in [1.807, 2.05) is 0 Å². The Morgan fingerprint density at radius 1 is 1.09 bits per heavy atom. The largest absolute Gasteiger partial charge is 0.480 e. The Kier molecular flexibility index (Phi) is 7.21. The molecule has 3 aromatic rings. The number of rotatable bonds is 9. The first-order valence-corrected chi connectivity index (χ1v) is 9.56. The summed E-state index contributed by atoms with van der Waals surface area (Å²) in [5.41, 5.74) is 1.51. The van der Waals surface area contributed by atoms with Crippen LogP contribution in [0, 0.1) is 0 Å². The van der Waals surface area contributed by atoms with E-state index in [9.17, 15) is 22.8 Å². The van der Waals surface area contributed by atoms with E-state index in [1.54, 1.807) is 42.5 Å². The van der Waals surface area contributed by atoms with Gasteiger partial charge in [-0.25, -0.2) is 4.68 Å². The Balaban J connectivity index is 1.86. The maximum atomic E-state index is 13.1. The number of carboxylic acid groups (broad SMARTS) is 1. The van der Waals surface area contributed by atoms with Gasteiger partial charge in [0.15, 0.2) is 0 Å². The van der Waals surface area contributed by atoms with Crippen LogP contribution in [0.15, 0.2) is 60.9 Å². The van der Waals surface area contributed by atoms with Crippen LogP contribution in [-0.4, -0.2) is 50.5 Å². The summed E-state index contributed by atoms with van der Waals surface area (Å²) in [6.07, 6.45) is -1.47. The summed E-state index contributed by atoms with van der Waals surface area (Å²) in [5, 5.41) is 18.0. The summed E-state index contributed by atoms with van der Waals surface area (Å²) < 4.78 is 39.9. The molecule has 0 spiro atoms. The third-order valence-corrected chi connectivity index (χ3v) is 4.44. The third-order valence-electron chi connectivity index (χ3n) is 4.44. The van der Waals surface area contributed by atoms with Crippen molar-refractivity contribution in [3.8, 4) is 11.3 Å². The summed E-state index contributed by atoms with van der Waals surface area (Å²) in [6.45, 7) is -1.89. The molecule has 1 amide bonds. The molecule has 2 heterocycles. The summed E-state index contributed by atoms with van der Waals surface area (Å²) in [7, 11) is 0. The molecule has 1 unspecified atom stereocenters. The lowest BCUT2D eigenvalue weighted by atomic mass is 10.1. The molecule has 3 N–H and O–H groups in total. The Labute approximate surface area is 181 Å². The second kappa shape index (κ2) is 10.1. The molecular weight excluding hydrogens is 427 g/mol. The van der Waals surface area contributed by atoms with Crippen molar-refractivity contribution >= 4 is 17.7 Å². The maximum Gasteiger partial charge on any atom is 0.408 e. The van der Waals surface area contributed by atoms with Gasteiger partial charge < -0.3 is 10.4 Å². The molecule has 0 saturated heterocycles. The number of hydrogen-bond donors (Lipinski definition) is 3. The highest BCUT2D eigenvalue weighted by Crippen LogP contribution is 2.25. The summed E-state index contributed by atoms with van der Waals surface area (Å²) in [6, 6.07) is 12.3. The fourth-order valence-electron chi connectivity index (χ4n) is 3.00. The van der Waals surface area contributed by atoms with Crippen LogP contribution < -0.4 is 10.6 Å². The van der Waals surface area contributed by atoms with Crippen LogP contribution >= 0.6 is 0 Å². The molecule has 0 saturated carbocycles. The van der Waals surface area contributed by atoms with Crippen molar-refractivity contribution in [1.82, 2.24) is 20.1 Å². The zero-order valence-electron chi connectivity index (χ0n) is 16.7. The quantitative estimate of drug-likeness (QED) is 0.466. The molecule has 11 heteroatoms. The second-order valence-corrected chi connectivity index (χ2v) is 6.93. The molecule has 0 fully saturated rings. The van der Waals surface area contributed by atoms with E-state index >= 15 is 0 Å². The smallest absolute Gasteiger partial charge is 0.408 e. The molecule has 168 valence electrons. The molecule has 0 aliphatic rings. The molecular formula is C21H20F3N5O3. The predicted molar refractivity (Wildman–Crippen MR) is 110 cm³/mol. The molecule has 0 aliphatic carbocycles. The van der Waals surface area contributed by atoms with Gasteiger partial charge in [0, 0.05) is 24.0 Å². The van der Waals surface area contributed by atoms with Crippen molar-refractivity contribution in [3.05, 3.63) is 66.5 Å². The second-order valence-electron chi connectivity index (χ2n) is 6.93. The van der Waals surface area contributed by atoms with Crippen LogP contribution in [0.5, 0.6) is 0 Å². The number of pyridine rings is 1. The van der Waals surface area contributed by atoms with E-state index in [0.29, 0.717) is 10.2 Å². The van der Waals surface area contributed by atoms with Crippen LogP contribution in [0.4, 0.5) is 19.0 Å². The lowest BCUT2D eigenvalue weighted by molar-refractivity contribution is -0.142. The van der Waals surface area contributed by atoms with Crippen molar-refractivity contribution in [2.75, 3.05) is 11.9 Å². The molecule has 1 atom stereocenters. The van der Waals surface area contributed by atoms with Gasteiger partial charge in [-0.2, -0.15) is 18.3 Å². The minimum Gasteiger partial charge on any atom is -0.480 e. The zero-order valence-corrected chi connectivity index (χ0v) is 16.7. The normalized spacial score (nSPS) is 12.3. The number of carboxylic acids is 1. The first-order valence-electron chi connectivity index (χ1n) is 9.56. The number of nitrogens with zero attached hydrogens (tertiary/aromatic N) is 3. The molecule has 0 bridgehead atoms. The van der Waals surface area contributed by atoms with Crippen molar-refractivity contribution in [2.45, 2.75) is 25.2 Å². The highest BCUT2D eigenvalue weighted by molar-refractivity contribution is 5.95. The summed E-state index contributed by atoms with van der Waals surface area (Å²) in [4.78, 5) is 27.7. The lowest BCUT2D eigenvalue weighted by Crippen LogP contribution is -2.44. The lowest BCUT2D eigenvalue weighted by Gasteiger charge is -2.18. The molecule has 2 aromatic heterocycles. The average Bonchev–Trinajstić information content (AvgIpc) is 3.12. The number of alkyl halides is 3. The van der Waals surface area contributed by atoms with Crippen LogP contribution in [0.3, 0.4) is 0 Å². The fourth-order valence-corrected chi connectivity index (χ4v) is 3.00. The maximum absolute atomic E-state index is 13.1. The molecule has 32 heavy (non-hydrogen) atoms. The van der Waals surface area contributed by atoms with Gasteiger partial charge in [0.05, 0.1) is 18.3 Å². The number of amides is 1.